The maximum atomic E-state index is 10.9. The molecule has 1 atom stereocenters. The molecule has 2 rings (SSSR count). The lowest BCUT2D eigenvalue weighted by Gasteiger charge is -2.18. The maximum absolute atomic E-state index is 10.9. The highest BCUT2D eigenvalue weighted by atomic mass is 16.6. The third kappa shape index (κ3) is 3.22. The Morgan fingerprint density at radius 2 is 2.00 bits per heavy atom. The molecule has 0 fully saturated rings. The van der Waals surface area contributed by atoms with E-state index in [2.05, 4.69) is 5.32 Å². The number of non-ortho nitro benzene ring substituents is 1. The highest BCUT2D eigenvalue weighted by Crippen LogP contribution is 2.33. The average Bonchev–Trinajstić information content (AvgIpc) is 2.47. The van der Waals surface area contributed by atoms with Crippen molar-refractivity contribution in [2.75, 3.05) is 12.4 Å². The van der Waals surface area contributed by atoms with Gasteiger partial charge in [-0.3, -0.25) is 10.1 Å². The number of nitro groups is 1. The molecule has 2 aromatic rings. The highest BCUT2D eigenvalue weighted by Gasteiger charge is 2.15. The van der Waals surface area contributed by atoms with Crippen LogP contribution >= 0.6 is 0 Å². The summed E-state index contributed by atoms with van der Waals surface area (Å²) in [6.45, 7) is 1.85. The van der Waals surface area contributed by atoms with Gasteiger partial charge in [0.05, 0.1) is 23.8 Å². The molecular formula is C15H16N2O4. The SMILES string of the molecule is COc1ccc([N+](=O)[O-])cc1NC(C)c1ccccc1O. The molecule has 0 heterocycles. The fraction of sp³-hybridized carbons (Fsp3) is 0.200. The number of nitrogens with one attached hydrogen (secondary N) is 1. The molecule has 110 valence electrons. The predicted molar refractivity (Wildman–Crippen MR) is 79.8 cm³/mol. The van der Waals surface area contributed by atoms with Gasteiger partial charge >= 0.3 is 0 Å². The summed E-state index contributed by atoms with van der Waals surface area (Å²) in [4.78, 5) is 10.4. The van der Waals surface area contributed by atoms with Crippen LogP contribution in [0, 0.1) is 10.1 Å². The van der Waals surface area contributed by atoms with Gasteiger partial charge in [-0.1, -0.05) is 18.2 Å². The molecular weight excluding hydrogens is 272 g/mol. The predicted octanol–water partition coefficient (Wildman–Crippen LogP) is 3.48. The van der Waals surface area contributed by atoms with Crippen LogP contribution < -0.4 is 10.1 Å². The van der Waals surface area contributed by atoms with Crippen molar-refractivity contribution < 1.29 is 14.8 Å². The Labute approximate surface area is 122 Å². The quantitative estimate of drug-likeness (QED) is 0.650. The van der Waals surface area contributed by atoms with Crippen LogP contribution in [0.5, 0.6) is 11.5 Å². The van der Waals surface area contributed by atoms with Crippen LogP contribution in [-0.2, 0) is 0 Å². The topological polar surface area (TPSA) is 84.6 Å². The van der Waals surface area contributed by atoms with Crippen LogP contribution in [0.25, 0.3) is 0 Å². The molecule has 0 saturated carbocycles. The van der Waals surface area contributed by atoms with E-state index < -0.39 is 4.92 Å². The fourth-order valence-corrected chi connectivity index (χ4v) is 2.09. The van der Waals surface area contributed by atoms with Gasteiger partial charge in [0.15, 0.2) is 0 Å². The van der Waals surface area contributed by atoms with Crippen LogP contribution in [0.3, 0.4) is 0 Å². The first-order valence-electron chi connectivity index (χ1n) is 6.39. The van der Waals surface area contributed by atoms with E-state index in [1.165, 1.54) is 25.3 Å². The van der Waals surface area contributed by atoms with Crippen LogP contribution in [0.15, 0.2) is 42.5 Å². The second-order valence-electron chi connectivity index (χ2n) is 4.57. The second kappa shape index (κ2) is 6.13. The van der Waals surface area contributed by atoms with Gasteiger partial charge in [-0.25, -0.2) is 0 Å². The standard InChI is InChI=1S/C15H16N2O4/c1-10(12-5-3-4-6-14(12)18)16-13-9-11(17(19)20)7-8-15(13)21-2/h3-10,16,18H,1-2H3. The lowest BCUT2D eigenvalue weighted by Crippen LogP contribution is -2.08. The van der Waals surface area contributed by atoms with Gasteiger partial charge in [0.1, 0.15) is 11.5 Å². The molecule has 1 unspecified atom stereocenters. The molecule has 0 aliphatic heterocycles. The summed E-state index contributed by atoms with van der Waals surface area (Å²) in [5.74, 6) is 0.671. The number of phenolic OH excluding ortho intramolecular Hbond substituents is 1. The Hall–Kier alpha value is -2.76. The number of benzene rings is 2. The van der Waals surface area contributed by atoms with Gasteiger partial charge < -0.3 is 15.2 Å². The molecule has 21 heavy (non-hydrogen) atoms. The van der Waals surface area contributed by atoms with Gasteiger partial charge in [-0.2, -0.15) is 0 Å². The number of anilines is 1. The molecule has 0 aromatic heterocycles. The van der Waals surface area contributed by atoms with E-state index in [4.69, 9.17) is 4.74 Å². The monoisotopic (exact) mass is 288 g/mol. The minimum atomic E-state index is -0.463. The van der Waals surface area contributed by atoms with Gasteiger partial charge in [-0.05, 0) is 19.1 Å². The fourth-order valence-electron chi connectivity index (χ4n) is 2.09. The molecule has 0 amide bonds. The van der Waals surface area contributed by atoms with Crippen molar-refractivity contribution in [3.05, 3.63) is 58.1 Å². The van der Waals surface area contributed by atoms with E-state index in [1.54, 1.807) is 18.2 Å². The van der Waals surface area contributed by atoms with Gasteiger partial charge in [-0.15, -0.1) is 0 Å². The Morgan fingerprint density at radius 1 is 1.29 bits per heavy atom. The number of rotatable bonds is 5. The van der Waals surface area contributed by atoms with Crippen molar-refractivity contribution in [2.45, 2.75) is 13.0 Å². The van der Waals surface area contributed by atoms with E-state index >= 15 is 0 Å². The van der Waals surface area contributed by atoms with Crippen molar-refractivity contribution in [3.63, 3.8) is 0 Å². The van der Waals surface area contributed by atoms with E-state index in [0.717, 1.165) is 0 Å². The molecule has 0 bridgehead atoms. The molecule has 6 nitrogen and oxygen atoms in total. The first-order chi connectivity index (χ1) is 10.0. The number of aromatic hydroxyl groups is 1. The van der Waals surface area contributed by atoms with Gasteiger partial charge in [0.25, 0.3) is 5.69 Å². The molecule has 0 radical (unpaired) electrons. The van der Waals surface area contributed by atoms with Gasteiger partial charge in [0, 0.05) is 17.7 Å². The molecule has 6 heteroatoms. The summed E-state index contributed by atoms with van der Waals surface area (Å²) in [7, 11) is 1.50. The van der Waals surface area contributed by atoms with Crippen molar-refractivity contribution in [1.82, 2.24) is 0 Å². The molecule has 0 saturated heterocycles. The number of hydrogen-bond acceptors (Lipinski definition) is 5. The molecule has 2 aromatic carbocycles. The zero-order valence-electron chi connectivity index (χ0n) is 11.7. The number of phenols is 1. The van der Waals surface area contributed by atoms with Crippen LogP contribution in [0.2, 0.25) is 0 Å². The van der Waals surface area contributed by atoms with E-state index in [0.29, 0.717) is 17.0 Å². The summed E-state index contributed by atoms with van der Waals surface area (Å²) in [6, 6.07) is 11.0. The number of methoxy groups -OCH3 is 1. The Kier molecular flexibility index (Phi) is 4.27. The smallest absolute Gasteiger partial charge is 0.271 e. The Bertz CT molecular complexity index is 658. The first kappa shape index (κ1) is 14.6. The summed E-state index contributed by atoms with van der Waals surface area (Å²) in [6.07, 6.45) is 0. The third-order valence-corrected chi connectivity index (χ3v) is 3.17. The Balaban J connectivity index is 2.31. The van der Waals surface area contributed by atoms with Crippen LogP contribution in [0.1, 0.15) is 18.5 Å². The van der Waals surface area contributed by atoms with Gasteiger partial charge in [0.2, 0.25) is 0 Å². The first-order valence-corrected chi connectivity index (χ1v) is 6.39. The van der Waals surface area contributed by atoms with Crippen molar-refractivity contribution >= 4 is 11.4 Å². The lowest BCUT2D eigenvalue weighted by molar-refractivity contribution is -0.384. The number of ether oxygens (including phenoxy) is 1. The van der Waals surface area contributed by atoms with Crippen molar-refractivity contribution in [3.8, 4) is 11.5 Å². The summed E-state index contributed by atoms with van der Waals surface area (Å²) in [5.41, 5.74) is 1.18. The Morgan fingerprint density at radius 3 is 2.62 bits per heavy atom. The zero-order valence-corrected chi connectivity index (χ0v) is 11.7. The average molecular weight is 288 g/mol. The number of nitro benzene ring substituents is 1. The largest absolute Gasteiger partial charge is 0.508 e. The molecule has 0 aliphatic carbocycles. The minimum absolute atomic E-state index is 0.0252. The number of para-hydroxylation sites is 1. The van der Waals surface area contributed by atoms with Crippen LogP contribution in [-0.4, -0.2) is 17.1 Å². The molecule has 0 spiro atoms. The number of nitrogens with zero attached hydrogens (tertiary/aromatic N) is 1. The number of hydrogen-bond donors (Lipinski definition) is 2. The van der Waals surface area contributed by atoms with Crippen molar-refractivity contribution in [1.29, 1.82) is 0 Å². The maximum Gasteiger partial charge on any atom is 0.271 e. The minimum Gasteiger partial charge on any atom is -0.508 e. The lowest BCUT2D eigenvalue weighted by atomic mass is 10.1. The summed E-state index contributed by atoms with van der Waals surface area (Å²) >= 11 is 0. The van der Waals surface area contributed by atoms with Crippen molar-refractivity contribution in [2.24, 2.45) is 0 Å². The molecule has 2 N–H and O–H groups in total. The van der Waals surface area contributed by atoms with E-state index in [1.807, 2.05) is 13.0 Å². The highest BCUT2D eigenvalue weighted by molar-refractivity contribution is 5.62. The normalized spacial score (nSPS) is 11.7. The van der Waals surface area contributed by atoms with Crippen LogP contribution in [0.4, 0.5) is 11.4 Å². The molecule has 0 aliphatic rings. The zero-order chi connectivity index (χ0) is 15.4. The third-order valence-electron chi connectivity index (χ3n) is 3.17. The second-order valence-corrected chi connectivity index (χ2v) is 4.57. The van der Waals surface area contributed by atoms with E-state index in [9.17, 15) is 15.2 Å². The van der Waals surface area contributed by atoms with E-state index in [-0.39, 0.29) is 17.5 Å². The summed E-state index contributed by atoms with van der Waals surface area (Å²) in [5, 5.41) is 23.8. The summed E-state index contributed by atoms with van der Waals surface area (Å²) < 4.78 is 5.20.